The molecule has 0 fully saturated rings. The highest BCUT2D eigenvalue weighted by Gasteiger charge is 2.19. The standard InChI is InChI=1S/C14H22ClN/c1-3-4-5-6-11-14(2,16)12-7-9-13(15)10-8-12/h7-10H,3-6,11,16H2,1-2H3. The second kappa shape index (κ2) is 6.27. The topological polar surface area (TPSA) is 26.0 Å². The van der Waals surface area contributed by atoms with Gasteiger partial charge in [0.15, 0.2) is 0 Å². The third kappa shape index (κ3) is 4.15. The molecule has 1 rings (SSSR count). The van der Waals surface area contributed by atoms with Gasteiger partial charge in [-0.3, -0.25) is 0 Å². The van der Waals surface area contributed by atoms with Crippen molar-refractivity contribution < 1.29 is 0 Å². The van der Waals surface area contributed by atoms with Crippen molar-refractivity contribution in [3.63, 3.8) is 0 Å². The number of hydrogen-bond acceptors (Lipinski definition) is 1. The monoisotopic (exact) mass is 239 g/mol. The van der Waals surface area contributed by atoms with Gasteiger partial charge in [0.05, 0.1) is 0 Å². The second-order valence-corrected chi connectivity index (χ2v) is 5.17. The summed E-state index contributed by atoms with van der Waals surface area (Å²) >= 11 is 5.87. The van der Waals surface area contributed by atoms with Gasteiger partial charge in [0.25, 0.3) is 0 Å². The molecule has 90 valence electrons. The first-order valence-corrected chi connectivity index (χ1v) is 6.49. The molecule has 0 radical (unpaired) electrons. The molecule has 0 saturated heterocycles. The van der Waals surface area contributed by atoms with E-state index in [-0.39, 0.29) is 5.54 Å². The zero-order valence-corrected chi connectivity index (χ0v) is 11.1. The van der Waals surface area contributed by atoms with Crippen molar-refractivity contribution in [2.45, 2.75) is 51.5 Å². The van der Waals surface area contributed by atoms with Crippen LogP contribution < -0.4 is 5.73 Å². The SMILES string of the molecule is CCCCCCC(C)(N)c1ccc(Cl)cc1. The zero-order chi connectivity index (χ0) is 12.0. The van der Waals surface area contributed by atoms with E-state index in [0.717, 1.165) is 11.4 Å². The second-order valence-electron chi connectivity index (χ2n) is 4.74. The van der Waals surface area contributed by atoms with Gasteiger partial charge in [-0.05, 0) is 31.0 Å². The number of hydrogen-bond donors (Lipinski definition) is 1. The molecule has 1 nitrogen and oxygen atoms in total. The maximum Gasteiger partial charge on any atom is 0.0406 e. The van der Waals surface area contributed by atoms with Crippen molar-refractivity contribution in [3.05, 3.63) is 34.9 Å². The molecule has 0 saturated carbocycles. The molecular weight excluding hydrogens is 218 g/mol. The van der Waals surface area contributed by atoms with Crippen LogP contribution in [0.15, 0.2) is 24.3 Å². The van der Waals surface area contributed by atoms with Crippen LogP contribution in [0.3, 0.4) is 0 Å². The fourth-order valence-corrected chi connectivity index (χ4v) is 2.02. The van der Waals surface area contributed by atoms with Crippen molar-refractivity contribution in [1.82, 2.24) is 0 Å². The summed E-state index contributed by atoms with van der Waals surface area (Å²) in [6, 6.07) is 7.88. The van der Waals surface area contributed by atoms with E-state index in [1.54, 1.807) is 0 Å². The fourth-order valence-electron chi connectivity index (χ4n) is 1.89. The van der Waals surface area contributed by atoms with Crippen LogP contribution in [0, 0.1) is 0 Å². The van der Waals surface area contributed by atoms with E-state index < -0.39 is 0 Å². The molecule has 1 unspecified atom stereocenters. The van der Waals surface area contributed by atoms with Crippen LogP contribution in [0.25, 0.3) is 0 Å². The fraction of sp³-hybridized carbons (Fsp3) is 0.571. The van der Waals surface area contributed by atoms with Crippen LogP contribution in [0.4, 0.5) is 0 Å². The Kier molecular flexibility index (Phi) is 5.30. The lowest BCUT2D eigenvalue weighted by Crippen LogP contribution is -2.32. The van der Waals surface area contributed by atoms with E-state index in [0.29, 0.717) is 0 Å². The smallest absolute Gasteiger partial charge is 0.0406 e. The summed E-state index contributed by atoms with van der Waals surface area (Å²) in [4.78, 5) is 0. The maximum atomic E-state index is 6.33. The average molecular weight is 240 g/mol. The highest BCUT2D eigenvalue weighted by atomic mass is 35.5. The Morgan fingerprint density at radius 3 is 2.31 bits per heavy atom. The third-order valence-corrected chi connectivity index (χ3v) is 3.31. The lowest BCUT2D eigenvalue weighted by atomic mass is 9.87. The van der Waals surface area contributed by atoms with Gasteiger partial charge in [0.2, 0.25) is 0 Å². The van der Waals surface area contributed by atoms with Gasteiger partial charge in [-0.15, -0.1) is 0 Å². The number of unbranched alkanes of at least 4 members (excludes halogenated alkanes) is 3. The van der Waals surface area contributed by atoms with Crippen LogP contribution >= 0.6 is 11.6 Å². The Bertz CT molecular complexity index is 303. The Morgan fingerprint density at radius 2 is 1.75 bits per heavy atom. The summed E-state index contributed by atoms with van der Waals surface area (Å²) in [6.07, 6.45) is 6.08. The van der Waals surface area contributed by atoms with Crippen LogP contribution in [0.1, 0.15) is 51.5 Å². The molecular formula is C14H22ClN. The van der Waals surface area contributed by atoms with Gasteiger partial charge in [0, 0.05) is 10.6 Å². The van der Waals surface area contributed by atoms with Crippen molar-refractivity contribution >= 4 is 11.6 Å². The average Bonchev–Trinajstić information content (AvgIpc) is 2.25. The molecule has 1 aromatic rings. The Balaban J connectivity index is 2.52. The summed E-state index contributed by atoms with van der Waals surface area (Å²) in [5, 5.41) is 0.769. The summed E-state index contributed by atoms with van der Waals surface area (Å²) in [5.41, 5.74) is 7.28. The quantitative estimate of drug-likeness (QED) is 0.728. The molecule has 1 atom stereocenters. The van der Waals surface area contributed by atoms with E-state index in [1.807, 2.05) is 24.3 Å². The molecule has 2 heteroatoms. The number of halogens is 1. The van der Waals surface area contributed by atoms with Crippen LogP contribution in [-0.4, -0.2) is 0 Å². The van der Waals surface area contributed by atoms with Crippen LogP contribution in [0.5, 0.6) is 0 Å². The molecule has 0 aliphatic rings. The van der Waals surface area contributed by atoms with Crippen molar-refractivity contribution in [2.75, 3.05) is 0 Å². The third-order valence-electron chi connectivity index (χ3n) is 3.05. The van der Waals surface area contributed by atoms with E-state index in [9.17, 15) is 0 Å². The van der Waals surface area contributed by atoms with Gasteiger partial charge in [-0.1, -0.05) is 56.3 Å². The summed E-state index contributed by atoms with van der Waals surface area (Å²) in [7, 11) is 0. The minimum absolute atomic E-state index is 0.224. The highest BCUT2D eigenvalue weighted by Crippen LogP contribution is 2.25. The normalized spacial score (nSPS) is 14.8. The van der Waals surface area contributed by atoms with E-state index in [4.69, 9.17) is 17.3 Å². The molecule has 2 N–H and O–H groups in total. The maximum absolute atomic E-state index is 6.33. The molecule has 0 aliphatic heterocycles. The van der Waals surface area contributed by atoms with Crippen molar-refractivity contribution in [2.24, 2.45) is 5.73 Å². The van der Waals surface area contributed by atoms with Gasteiger partial charge in [-0.2, -0.15) is 0 Å². The van der Waals surface area contributed by atoms with Gasteiger partial charge >= 0.3 is 0 Å². The molecule has 0 aliphatic carbocycles. The highest BCUT2D eigenvalue weighted by molar-refractivity contribution is 6.30. The molecule has 0 spiro atoms. The predicted molar refractivity (Wildman–Crippen MR) is 71.8 cm³/mol. The molecule has 0 bridgehead atoms. The van der Waals surface area contributed by atoms with E-state index in [2.05, 4.69) is 13.8 Å². The number of nitrogens with two attached hydrogens (primary N) is 1. The first-order chi connectivity index (χ1) is 7.56. The van der Waals surface area contributed by atoms with Gasteiger partial charge < -0.3 is 5.73 Å². The van der Waals surface area contributed by atoms with Crippen LogP contribution in [0.2, 0.25) is 5.02 Å². The van der Waals surface area contributed by atoms with Crippen molar-refractivity contribution in [3.8, 4) is 0 Å². The first-order valence-electron chi connectivity index (χ1n) is 6.11. The molecule has 1 aromatic carbocycles. The number of benzene rings is 1. The molecule has 0 aromatic heterocycles. The molecule has 0 amide bonds. The lowest BCUT2D eigenvalue weighted by molar-refractivity contribution is 0.424. The van der Waals surface area contributed by atoms with Crippen LogP contribution in [-0.2, 0) is 5.54 Å². The van der Waals surface area contributed by atoms with E-state index >= 15 is 0 Å². The first kappa shape index (κ1) is 13.5. The van der Waals surface area contributed by atoms with Gasteiger partial charge in [-0.25, -0.2) is 0 Å². The Morgan fingerprint density at radius 1 is 1.12 bits per heavy atom. The zero-order valence-electron chi connectivity index (χ0n) is 10.3. The summed E-state index contributed by atoms with van der Waals surface area (Å²) in [5.74, 6) is 0. The minimum atomic E-state index is -0.224. The largest absolute Gasteiger partial charge is 0.322 e. The predicted octanol–water partition coefficient (Wildman–Crippen LogP) is 4.48. The summed E-state index contributed by atoms with van der Waals surface area (Å²) < 4.78 is 0. The van der Waals surface area contributed by atoms with Crippen molar-refractivity contribution in [1.29, 1.82) is 0 Å². The Labute approximate surface area is 104 Å². The molecule has 0 heterocycles. The summed E-state index contributed by atoms with van der Waals surface area (Å²) in [6.45, 7) is 4.32. The number of rotatable bonds is 6. The molecule has 16 heavy (non-hydrogen) atoms. The lowest BCUT2D eigenvalue weighted by Gasteiger charge is -2.25. The Hall–Kier alpha value is -0.530. The minimum Gasteiger partial charge on any atom is -0.322 e. The van der Waals surface area contributed by atoms with Gasteiger partial charge in [0.1, 0.15) is 0 Å². The van der Waals surface area contributed by atoms with E-state index in [1.165, 1.54) is 31.2 Å².